The molecule has 7 heteroatoms. The molecule has 3 nitrogen and oxygen atoms in total. The molecule has 90 valence electrons. The zero-order valence-electron chi connectivity index (χ0n) is 8.24. The van der Waals surface area contributed by atoms with Gasteiger partial charge in [-0.15, -0.1) is 0 Å². The van der Waals surface area contributed by atoms with Gasteiger partial charge in [-0.2, -0.15) is 13.2 Å². The molecule has 0 radical (unpaired) electrons. The smallest absolute Gasteiger partial charge is 0.265 e. The van der Waals surface area contributed by atoms with Crippen LogP contribution < -0.4 is 0 Å². The van der Waals surface area contributed by atoms with Gasteiger partial charge in [0.2, 0.25) is 0 Å². The molecule has 0 saturated carbocycles. The number of sulfone groups is 1. The Hall–Kier alpha value is -1.11. The molecule has 1 heterocycles. The average Bonchev–Trinajstić information content (AvgIpc) is 2.15. The van der Waals surface area contributed by atoms with E-state index < -0.39 is 28.2 Å². The Morgan fingerprint density at radius 1 is 1.19 bits per heavy atom. The monoisotopic (exact) mass is 253 g/mol. The molecule has 0 atom stereocenters. The zero-order valence-corrected chi connectivity index (χ0v) is 9.05. The second-order valence-electron chi connectivity index (χ2n) is 3.31. The van der Waals surface area contributed by atoms with Crippen molar-refractivity contribution in [2.75, 3.05) is 5.75 Å². The van der Waals surface area contributed by atoms with Gasteiger partial charge in [0.1, 0.15) is 0 Å². The fourth-order valence-electron chi connectivity index (χ4n) is 1.08. The van der Waals surface area contributed by atoms with E-state index in [2.05, 4.69) is 4.98 Å². The van der Waals surface area contributed by atoms with Gasteiger partial charge in [-0.3, -0.25) is 4.98 Å². The van der Waals surface area contributed by atoms with Crippen LogP contribution in [0.25, 0.3) is 0 Å². The molecule has 1 rings (SSSR count). The van der Waals surface area contributed by atoms with Gasteiger partial charge in [0, 0.05) is 12.4 Å². The van der Waals surface area contributed by atoms with Gasteiger partial charge in [-0.25, -0.2) is 8.42 Å². The predicted molar refractivity (Wildman–Crippen MR) is 52.4 cm³/mol. The lowest BCUT2D eigenvalue weighted by Gasteiger charge is -2.07. The Bertz CT molecular complexity index is 428. The van der Waals surface area contributed by atoms with E-state index in [1.54, 1.807) is 0 Å². The molecule has 0 aliphatic rings. The lowest BCUT2D eigenvalue weighted by molar-refractivity contribution is -0.129. The van der Waals surface area contributed by atoms with Gasteiger partial charge in [-0.1, -0.05) is 0 Å². The highest BCUT2D eigenvalue weighted by Crippen LogP contribution is 2.21. The molecule has 0 aromatic carbocycles. The number of halogens is 3. The topological polar surface area (TPSA) is 47.0 Å². The molecule has 0 saturated heterocycles. The number of hydrogen-bond acceptors (Lipinski definition) is 3. The highest BCUT2D eigenvalue weighted by atomic mass is 32.2. The normalized spacial score (nSPS) is 12.7. The molecule has 1 aromatic heterocycles. The van der Waals surface area contributed by atoms with Crippen molar-refractivity contribution in [1.82, 2.24) is 4.98 Å². The number of alkyl halides is 3. The highest BCUT2D eigenvalue weighted by Gasteiger charge is 2.29. The third-order valence-corrected chi connectivity index (χ3v) is 3.43. The van der Waals surface area contributed by atoms with Crippen LogP contribution in [-0.4, -0.2) is 25.3 Å². The summed E-state index contributed by atoms with van der Waals surface area (Å²) in [4.78, 5) is 3.69. The predicted octanol–water partition coefficient (Wildman–Crippen LogP) is 1.95. The van der Waals surface area contributed by atoms with Crippen LogP contribution >= 0.6 is 0 Å². The SMILES string of the molecule is O=S(=O)(CCC(F)(F)F)Cc1ccncc1. The van der Waals surface area contributed by atoms with E-state index in [0.717, 1.165) is 0 Å². The summed E-state index contributed by atoms with van der Waals surface area (Å²) in [7, 11) is -3.72. The fraction of sp³-hybridized carbons (Fsp3) is 0.444. The Kier molecular flexibility index (Phi) is 3.90. The van der Waals surface area contributed by atoms with Gasteiger partial charge < -0.3 is 0 Å². The second-order valence-corrected chi connectivity index (χ2v) is 5.50. The molecule has 0 fully saturated rings. The maximum Gasteiger partial charge on any atom is 0.390 e. The van der Waals surface area contributed by atoms with Crippen LogP contribution in [0.5, 0.6) is 0 Å². The minimum absolute atomic E-state index is 0.383. The van der Waals surface area contributed by atoms with Crippen LogP contribution in [-0.2, 0) is 15.6 Å². The first kappa shape index (κ1) is 13.0. The van der Waals surface area contributed by atoms with Gasteiger partial charge in [0.05, 0.1) is 17.9 Å². The van der Waals surface area contributed by atoms with E-state index in [1.165, 1.54) is 24.5 Å². The van der Waals surface area contributed by atoms with Gasteiger partial charge in [0.25, 0.3) is 0 Å². The van der Waals surface area contributed by atoms with E-state index in [1.807, 2.05) is 0 Å². The molecule has 0 aliphatic carbocycles. The number of aromatic nitrogens is 1. The van der Waals surface area contributed by atoms with E-state index in [-0.39, 0.29) is 5.75 Å². The van der Waals surface area contributed by atoms with E-state index in [4.69, 9.17) is 0 Å². The lowest BCUT2D eigenvalue weighted by Crippen LogP contribution is -2.17. The molecule has 0 unspecified atom stereocenters. The highest BCUT2D eigenvalue weighted by molar-refractivity contribution is 7.90. The van der Waals surface area contributed by atoms with E-state index in [9.17, 15) is 21.6 Å². The maximum atomic E-state index is 11.9. The number of hydrogen-bond donors (Lipinski definition) is 0. The molecule has 0 N–H and O–H groups in total. The van der Waals surface area contributed by atoms with Crippen LogP contribution in [0.2, 0.25) is 0 Å². The molecule has 0 amide bonds. The molecular formula is C9H10F3NO2S. The van der Waals surface area contributed by atoms with Crippen LogP contribution in [0.3, 0.4) is 0 Å². The van der Waals surface area contributed by atoms with Crippen molar-refractivity contribution in [3.63, 3.8) is 0 Å². The summed E-state index contributed by atoms with van der Waals surface area (Å²) in [5.74, 6) is -1.26. The van der Waals surface area contributed by atoms with Gasteiger partial charge >= 0.3 is 6.18 Å². The van der Waals surface area contributed by atoms with Crippen LogP contribution in [0, 0.1) is 0 Å². The summed E-state index contributed by atoms with van der Waals surface area (Å²) in [6.45, 7) is 0. The minimum Gasteiger partial charge on any atom is -0.265 e. The third kappa shape index (κ3) is 5.11. The van der Waals surface area contributed by atoms with Crippen molar-refractivity contribution in [2.24, 2.45) is 0 Å². The first-order valence-electron chi connectivity index (χ1n) is 4.45. The van der Waals surface area contributed by atoms with Crippen molar-refractivity contribution >= 4 is 9.84 Å². The van der Waals surface area contributed by atoms with Crippen LogP contribution in [0.15, 0.2) is 24.5 Å². The third-order valence-electron chi connectivity index (χ3n) is 1.83. The largest absolute Gasteiger partial charge is 0.390 e. The summed E-state index contributed by atoms with van der Waals surface area (Å²) < 4.78 is 58.2. The summed E-state index contributed by atoms with van der Waals surface area (Å²) in [5, 5.41) is 0. The lowest BCUT2D eigenvalue weighted by atomic mass is 10.3. The first-order valence-corrected chi connectivity index (χ1v) is 6.27. The van der Waals surface area contributed by atoms with Gasteiger partial charge in [-0.05, 0) is 17.7 Å². The van der Waals surface area contributed by atoms with E-state index in [0.29, 0.717) is 5.56 Å². The van der Waals surface area contributed by atoms with Crippen molar-refractivity contribution in [3.8, 4) is 0 Å². The number of pyridine rings is 1. The van der Waals surface area contributed by atoms with Crippen molar-refractivity contribution in [1.29, 1.82) is 0 Å². The van der Waals surface area contributed by atoms with Crippen LogP contribution in [0.1, 0.15) is 12.0 Å². The molecule has 0 bridgehead atoms. The Morgan fingerprint density at radius 2 is 1.75 bits per heavy atom. The fourth-order valence-corrected chi connectivity index (χ4v) is 2.46. The summed E-state index contributed by atoms with van der Waals surface area (Å²) in [6.07, 6.45) is -2.95. The first-order chi connectivity index (χ1) is 7.29. The molecule has 16 heavy (non-hydrogen) atoms. The van der Waals surface area contributed by atoms with Crippen molar-refractivity contribution in [2.45, 2.75) is 18.3 Å². The van der Waals surface area contributed by atoms with Crippen LogP contribution in [0.4, 0.5) is 13.2 Å². The maximum absolute atomic E-state index is 11.9. The Morgan fingerprint density at radius 3 is 2.25 bits per heavy atom. The zero-order chi connectivity index (χ0) is 12.2. The Balaban J connectivity index is 2.60. The summed E-state index contributed by atoms with van der Waals surface area (Å²) in [5.41, 5.74) is 0.442. The molecular weight excluding hydrogens is 243 g/mol. The van der Waals surface area contributed by atoms with Crippen molar-refractivity contribution < 1.29 is 21.6 Å². The van der Waals surface area contributed by atoms with E-state index >= 15 is 0 Å². The van der Waals surface area contributed by atoms with Gasteiger partial charge in [0.15, 0.2) is 9.84 Å². The molecule has 0 aliphatic heterocycles. The quantitative estimate of drug-likeness (QED) is 0.824. The Labute approximate surface area is 91.2 Å². The summed E-state index contributed by atoms with van der Waals surface area (Å²) >= 11 is 0. The molecule has 1 aromatic rings. The number of nitrogens with zero attached hydrogens (tertiary/aromatic N) is 1. The summed E-state index contributed by atoms with van der Waals surface area (Å²) in [6, 6.07) is 2.93. The standard InChI is InChI=1S/C9H10F3NO2S/c10-9(11,12)3-6-16(14,15)7-8-1-4-13-5-2-8/h1-2,4-5H,3,6-7H2. The number of rotatable bonds is 4. The molecule has 0 spiro atoms. The minimum atomic E-state index is -4.44. The van der Waals surface area contributed by atoms with Crippen molar-refractivity contribution in [3.05, 3.63) is 30.1 Å². The average molecular weight is 253 g/mol. The second kappa shape index (κ2) is 4.82.